The molecule has 0 aliphatic carbocycles. The Morgan fingerprint density at radius 2 is 2.05 bits per heavy atom. The van der Waals surface area contributed by atoms with E-state index in [4.69, 9.17) is 5.11 Å². The van der Waals surface area contributed by atoms with Crippen molar-refractivity contribution in [3.8, 4) is 0 Å². The first-order chi connectivity index (χ1) is 9.47. The zero-order chi connectivity index (χ0) is 15.1. The molecular weight excluding hydrogens is 258 g/mol. The van der Waals surface area contributed by atoms with Gasteiger partial charge in [0.25, 0.3) is 0 Å². The third-order valence-corrected chi connectivity index (χ3v) is 3.85. The van der Waals surface area contributed by atoms with Crippen LogP contribution in [0.25, 0.3) is 0 Å². The summed E-state index contributed by atoms with van der Waals surface area (Å²) in [5.74, 6) is -1.23. The second-order valence-electron chi connectivity index (χ2n) is 5.46. The standard InChI is InChI=1S/C14H27N3O3/c1-4-16(5-2)9-11(3)15-14(20)17-8-6-7-12(10-17)13(18)19/h11-12H,4-10H2,1-3H3,(H,15,20)(H,18,19). The lowest BCUT2D eigenvalue weighted by molar-refractivity contribution is -0.143. The Balaban J connectivity index is 2.43. The summed E-state index contributed by atoms with van der Waals surface area (Å²) >= 11 is 0. The molecule has 1 fully saturated rings. The molecule has 2 amide bonds. The zero-order valence-corrected chi connectivity index (χ0v) is 12.8. The van der Waals surface area contributed by atoms with E-state index in [0.717, 1.165) is 26.1 Å². The van der Waals surface area contributed by atoms with Gasteiger partial charge in [-0.1, -0.05) is 13.8 Å². The Kier molecular flexibility index (Phi) is 6.78. The fraction of sp³-hybridized carbons (Fsp3) is 0.857. The number of carboxylic acid groups (broad SMARTS) is 1. The maximum absolute atomic E-state index is 12.1. The lowest BCUT2D eigenvalue weighted by Gasteiger charge is -2.32. The first-order valence-corrected chi connectivity index (χ1v) is 7.48. The maximum atomic E-state index is 12.1. The SMILES string of the molecule is CCN(CC)CC(C)NC(=O)N1CCCC(C(=O)O)C1. The summed E-state index contributed by atoms with van der Waals surface area (Å²) in [6.45, 7) is 9.87. The molecule has 1 aliphatic heterocycles. The Labute approximate surface area is 121 Å². The minimum Gasteiger partial charge on any atom is -0.481 e. The molecule has 1 rings (SSSR count). The molecule has 0 aromatic rings. The Morgan fingerprint density at radius 3 is 2.60 bits per heavy atom. The van der Waals surface area contributed by atoms with E-state index in [1.807, 2.05) is 6.92 Å². The molecule has 6 nitrogen and oxygen atoms in total. The average Bonchev–Trinajstić information content (AvgIpc) is 2.44. The summed E-state index contributed by atoms with van der Waals surface area (Å²) in [5.41, 5.74) is 0. The molecule has 1 heterocycles. The van der Waals surface area contributed by atoms with Gasteiger partial charge in [0.05, 0.1) is 5.92 Å². The molecule has 2 atom stereocenters. The summed E-state index contributed by atoms with van der Waals surface area (Å²) < 4.78 is 0. The fourth-order valence-electron chi connectivity index (χ4n) is 2.58. The van der Waals surface area contributed by atoms with Crippen LogP contribution in [0.2, 0.25) is 0 Å². The van der Waals surface area contributed by atoms with Gasteiger partial charge in [0, 0.05) is 25.7 Å². The average molecular weight is 285 g/mol. The number of urea groups is 1. The molecule has 0 radical (unpaired) electrons. The monoisotopic (exact) mass is 285 g/mol. The Bertz CT molecular complexity index is 332. The molecule has 0 spiro atoms. The van der Waals surface area contributed by atoms with E-state index < -0.39 is 11.9 Å². The normalized spacial score (nSPS) is 20.8. The van der Waals surface area contributed by atoms with Crippen molar-refractivity contribution in [2.75, 3.05) is 32.7 Å². The van der Waals surface area contributed by atoms with Crippen LogP contribution in [0, 0.1) is 5.92 Å². The topological polar surface area (TPSA) is 72.9 Å². The quantitative estimate of drug-likeness (QED) is 0.769. The summed E-state index contributed by atoms with van der Waals surface area (Å²) in [6.07, 6.45) is 1.42. The van der Waals surface area contributed by atoms with E-state index in [1.54, 1.807) is 4.90 Å². The summed E-state index contributed by atoms with van der Waals surface area (Å²) in [6, 6.07) is -0.0804. The number of rotatable bonds is 6. The van der Waals surface area contributed by atoms with Gasteiger partial charge in [-0.2, -0.15) is 0 Å². The van der Waals surface area contributed by atoms with Crippen LogP contribution in [0.3, 0.4) is 0 Å². The number of likely N-dealkylation sites (N-methyl/N-ethyl adjacent to an activating group) is 1. The minimum absolute atomic E-state index is 0.0626. The molecule has 0 aromatic heterocycles. The number of piperidine rings is 1. The number of likely N-dealkylation sites (tertiary alicyclic amines) is 1. The maximum Gasteiger partial charge on any atom is 0.317 e. The molecule has 116 valence electrons. The highest BCUT2D eigenvalue weighted by atomic mass is 16.4. The highest BCUT2D eigenvalue weighted by Crippen LogP contribution is 2.16. The Hall–Kier alpha value is -1.30. The van der Waals surface area contributed by atoms with E-state index in [2.05, 4.69) is 24.1 Å². The molecule has 0 bridgehead atoms. The summed E-state index contributed by atoms with van der Waals surface area (Å²) in [5, 5.41) is 12.0. The number of carbonyl (C=O) groups is 2. The fourth-order valence-corrected chi connectivity index (χ4v) is 2.58. The van der Waals surface area contributed by atoms with Gasteiger partial charge < -0.3 is 20.2 Å². The predicted molar refractivity (Wildman–Crippen MR) is 77.7 cm³/mol. The van der Waals surface area contributed by atoms with Crippen molar-refractivity contribution in [2.45, 2.75) is 39.7 Å². The number of carbonyl (C=O) groups excluding carboxylic acids is 1. The van der Waals surface area contributed by atoms with Crippen molar-refractivity contribution >= 4 is 12.0 Å². The van der Waals surface area contributed by atoms with Crippen LogP contribution in [0.5, 0.6) is 0 Å². The molecule has 0 aromatic carbocycles. The molecule has 1 aliphatic rings. The molecule has 0 saturated carbocycles. The first kappa shape index (κ1) is 16.8. The Morgan fingerprint density at radius 1 is 1.40 bits per heavy atom. The van der Waals surface area contributed by atoms with Crippen LogP contribution < -0.4 is 5.32 Å². The molecular formula is C14H27N3O3. The summed E-state index contributed by atoms with van der Waals surface area (Å²) in [4.78, 5) is 27.0. The predicted octanol–water partition coefficient (Wildman–Crippen LogP) is 1.22. The molecule has 6 heteroatoms. The second-order valence-corrected chi connectivity index (χ2v) is 5.46. The van der Waals surface area contributed by atoms with E-state index >= 15 is 0 Å². The van der Waals surface area contributed by atoms with Crippen LogP contribution >= 0.6 is 0 Å². The number of nitrogens with one attached hydrogen (secondary N) is 1. The number of nitrogens with zero attached hydrogens (tertiary/aromatic N) is 2. The second kappa shape index (κ2) is 8.09. The van der Waals surface area contributed by atoms with E-state index in [9.17, 15) is 9.59 Å². The van der Waals surface area contributed by atoms with Gasteiger partial charge >= 0.3 is 12.0 Å². The third-order valence-electron chi connectivity index (χ3n) is 3.85. The largest absolute Gasteiger partial charge is 0.481 e. The number of aliphatic carboxylic acids is 1. The third kappa shape index (κ3) is 5.00. The van der Waals surface area contributed by atoms with Gasteiger partial charge in [0.2, 0.25) is 0 Å². The van der Waals surface area contributed by atoms with Crippen LogP contribution in [0.4, 0.5) is 4.79 Å². The molecule has 1 saturated heterocycles. The minimum atomic E-state index is -0.807. The van der Waals surface area contributed by atoms with Gasteiger partial charge in [-0.15, -0.1) is 0 Å². The lowest BCUT2D eigenvalue weighted by Crippen LogP contribution is -2.51. The van der Waals surface area contributed by atoms with Gasteiger partial charge in [0.15, 0.2) is 0 Å². The lowest BCUT2D eigenvalue weighted by atomic mass is 9.99. The van der Waals surface area contributed by atoms with Gasteiger partial charge in [-0.05, 0) is 32.9 Å². The highest BCUT2D eigenvalue weighted by Gasteiger charge is 2.28. The van der Waals surface area contributed by atoms with Crippen molar-refractivity contribution in [1.29, 1.82) is 0 Å². The highest BCUT2D eigenvalue weighted by molar-refractivity contribution is 5.76. The molecule has 20 heavy (non-hydrogen) atoms. The van der Waals surface area contributed by atoms with E-state index in [-0.39, 0.29) is 12.1 Å². The number of hydrogen-bond acceptors (Lipinski definition) is 3. The van der Waals surface area contributed by atoms with Gasteiger partial charge in [-0.3, -0.25) is 4.79 Å². The van der Waals surface area contributed by atoms with Gasteiger partial charge in [-0.25, -0.2) is 4.79 Å². The van der Waals surface area contributed by atoms with Crippen LogP contribution in [0.1, 0.15) is 33.6 Å². The van der Waals surface area contributed by atoms with E-state index in [0.29, 0.717) is 19.5 Å². The smallest absolute Gasteiger partial charge is 0.317 e. The van der Waals surface area contributed by atoms with Crippen LogP contribution in [0.15, 0.2) is 0 Å². The van der Waals surface area contributed by atoms with E-state index in [1.165, 1.54) is 0 Å². The first-order valence-electron chi connectivity index (χ1n) is 7.48. The zero-order valence-electron chi connectivity index (χ0n) is 12.8. The number of carboxylic acids is 1. The van der Waals surface area contributed by atoms with Crippen molar-refractivity contribution < 1.29 is 14.7 Å². The molecule has 2 unspecified atom stereocenters. The van der Waals surface area contributed by atoms with Crippen molar-refractivity contribution in [3.05, 3.63) is 0 Å². The van der Waals surface area contributed by atoms with Crippen LogP contribution in [-0.2, 0) is 4.79 Å². The van der Waals surface area contributed by atoms with Crippen LogP contribution in [-0.4, -0.2) is 65.7 Å². The molecule has 2 N–H and O–H groups in total. The number of hydrogen-bond donors (Lipinski definition) is 2. The van der Waals surface area contributed by atoms with Crippen molar-refractivity contribution in [2.24, 2.45) is 5.92 Å². The van der Waals surface area contributed by atoms with Crippen molar-refractivity contribution in [1.82, 2.24) is 15.1 Å². The summed E-state index contributed by atoms with van der Waals surface area (Å²) in [7, 11) is 0. The van der Waals surface area contributed by atoms with Gasteiger partial charge in [0.1, 0.15) is 0 Å². The number of amides is 2. The van der Waals surface area contributed by atoms with Crippen molar-refractivity contribution in [3.63, 3.8) is 0 Å².